The summed E-state index contributed by atoms with van der Waals surface area (Å²) in [6.45, 7) is 3.73. The van der Waals surface area contributed by atoms with Crippen LogP contribution in [0.3, 0.4) is 0 Å². The molecule has 0 radical (unpaired) electrons. The lowest BCUT2D eigenvalue weighted by Gasteiger charge is -2.04. The molecule has 0 saturated carbocycles. The second-order valence-electron chi connectivity index (χ2n) is 3.75. The van der Waals surface area contributed by atoms with E-state index in [2.05, 4.69) is 20.5 Å². The molecule has 0 spiro atoms. The van der Waals surface area contributed by atoms with Crippen molar-refractivity contribution in [2.75, 3.05) is 5.32 Å². The van der Waals surface area contributed by atoms with E-state index in [0.717, 1.165) is 11.3 Å². The third kappa shape index (κ3) is 2.47. The second kappa shape index (κ2) is 4.96. The van der Waals surface area contributed by atoms with Gasteiger partial charge in [-0.1, -0.05) is 23.2 Å². The average molecular weight is 285 g/mol. The van der Waals surface area contributed by atoms with E-state index in [9.17, 15) is 4.79 Å². The van der Waals surface area contributed by atoms with Gasteiger partial charge >= 0.3 is 0 Å². The molecular weight excluding hydrogens is 275 g/mol. The fraction of sp³-hybridized carbons (Fsp3) is 0.182. The molecule has 0 atom stereocenters. The number of aryl methyl sites for hydroxylation is 1. The van der Waals surface area contributed by atoms with E-state index >= 15 is 0 Å². The summed E-state index contributed by atoms with van der Waals surface area (Å²) >= 11 is 11.5. The number of amides is 1. The van der Waals surface area contributed by atoms with E-state index in [1.165, 1.54) is 12.1 Å². The average Bonchev–Trinajstić information content (AvgIpc) is 2.61. The Morgan fingerprint density at radius 2 is 2.06 bits per heavy atom. The van der Waals surface area contributed by atoms with Crippen molar-refractivity contribution in [3.8, 4) is 0 Å². The minimum atomic E-state index is -0.376. The third-order valence-electron chi connectivity index (χ3n) is 2.54. The summed E-state index contributed by atoms with van der Waals surface area (Å²) in [5.74, 6) is 0.0993. The normalized spacial score (nSPS) is 10.4. The molecule has 0 saturated heterocycles. The molecule has 2 N–H and O–H groups in total. The first kappa shape index (κ1) is 12.9. The van der Waals surface area contributed by atoms with Gasteiger partial charge in [0.25, 0.3) is 5.91 Å². The number of H-pyrrole nitrogens is 1. The lowest BCUT2D eigenvalue weighted by molar-refractivity contribution is 0.102. The summed E-state index contributed by atoms with van der Waals surface area (Å²) in [6, 6.07) is 3.02. The van der Waals surface area contributed by atoms with Crippen molar-refractivity contribution < 1.29 is 4.79 Å². The van der Waals surface area contributed by atoms with E-state index in [1.54, 1.807) is 0 Å². The predicted octanol–water partition coefficient (Wildman–Crippen LogP) is 2.98. The number of pyridine rings is 1. The summed E-state index contributed by atoms with van der Waals surface area (Å²) in [4.78, 5) is 15.8. The lowest BCUT2D eigenvalue weighted by atomic mass is 10.2. The van der Waals surface area contributed by atoms with E-state index < -0.39 is 0 Å². The number of aromatic nitrogens is 3. The molecule has 94 valence electrons. The standard InChI is InChI=1S/C11H10Cl2N4O/c1-5-6(2)16-17-10(5)15-11(18)7-3-4-8(12)14-9(7)13/h3-4H,1-2H3,(H2,15,16,17,18). The van der Waals surface area contributed by atoms with E-state index in [-0.39, 0.29) is 21.8 Å². The highest BCUT2D eigenvalue weighted by Crippen LogP contribution is 2.19. The first-order chi connectivity index (χ1) is 8.49. The van der Waals surface area contributed by atoms with Gasteiger partial charge in [0.2, 0.25) is 0 Å². The fourth-order valence-electron chi connectivity index (χ4n) is 1.36. The van der Waals surface area contributed by atoms with Gasteiger partial charge in [-0.3, -0.25) is 9.89 Å². The van der Waals surface area contributed by atoms with Crippen LogP contribution in [0.25, 0.3) is 0 Å². The Kier molecular flexibility index (Phi) is 3.54. The minimum Gasteiger partial charge on any atom is -0.305 e. The minimum absolute atomic E-state index is 0.0601. The van der Waals surface area contributed by atoms with Crippen LogP contribution in [0.15, 0.2) is 12.1 Å². The maximum Gasteiger partial charge on any atom is 0.260 e. The molecule has 18 heavy (non-hydrogen) atoms. The maximum absolute atomic E-state index is 12.0. The maximum atomic E-state index is 12.0. The Hall–Kier alpha value is -1.59. The van der Waals surface area contributed by atoms with Gasteiger partial charge in [0, 0.05) is 11.3 Å². The molecule has 0 unspecified atom stereocenters. The van der Waals surface area contributed by atoms with Gasteiger partial charge in [-0.2, -0.15) is 5.10 Å². The molecule has 0 aliphatic rings. The van der Waals surface area contributed by atoms with Gasteiger partial charge in [-0.25, -0.2) is 4.98 Å². The Morgan fingerprint density at radius 1 is 1.33 bits per heavy atom. The number of anilines is 1. The van der Waals surface area contributed by atoms with Crippen molar-refractivity contribution in [2.24, 2.45) is 0 Å². The number of nitrogens with one attached hydrogen (secondary N) is 2. The first-order valence-electron chi connectivity index (χ1n) is 5.14. The molecule has 5 nitrogen and oxygen atoms in total. The number of carbonyl (C=O) groups excluding carboxylic acids is 1. The highest BCUT2D eigenvalue weighted by Gasteiger charge is 2.15. The molecule has 0 aliphatic heterocycles. The summed E-state index contributed by atoms with van der Waals surface area (Å²) < 4.78 is 0. The van der Waals surface area contributed by atoms with Crippen LogP contribution in [0, 0.1) is 13.8 Å². The van der Waals surface area contributed by atoms with Crippen LogP contribution >= 0.6 is 23.2 Å². The number of hydrogen-bond acceptors (Lipinski definition) is 3. The molecule has 0 fully saturated rings. The largest absolute Gasteiger partial charge is 0.305 e. The molecule has 7 heteroatoms. The fourth-order valence-corrected chi connectivity index (χ4v) is 1.79. The zero-order valence-electron chi connectivity index (χ0n) is 9.71. The number of carbonyl (C=O) groups is 1. The number of rotatable bonds is 2. The van der Waals surface area contributed by atoms with Crippen molar-refractivity contribution in [3.05, 3.63) is 39.3 Å². The van der Waals surface area contributed by atoms with E-state index in [0.29, 0.717) is 5.82 Å². The molecular formula is C11H10Cl2N4O. The molecule has 2 aromatic rings. The summed E-state index contributed by atoms with van der Waals surface area (Å²) in [5.41, 5.74) is 2.02. The van der Waals surface area contributed by atoms with E-state index in [4.69, 9.17) is 23.2 Å². The quantitative estimate of drug-likeness (QED) is 0.833. The predicted molar refractivity (Wildman–Crippen MR) is 70.3 cm³/mol. The van der Waals surface area contributed by atoms with Crippen LogP contribution < -0.4 is 5.32 Å². The Bertz CT molecular complexity index is 609. The smallest absolute Gasteiger partial charge is 0.260 e. The van der Waals surface area contributed by atoms with Crippen molar-refractivity contribution in [1.82, 2.24) is 15.2 Å². The van der Waals surface area contributed by atoms with Crippen LogP contribution in [0.5, 0.6) is 0 Å². The van der Waals surface area contributed by atoms with Gasteiger partial charge in [0.15, 0.2) is 5.82 Å². The topological polar surface area (TPSA) is 70.7 Å². The number of hydrogen-bond donors (Lipinski definition) is 2. The third-order valence-corrected chi connectivity index (χ3v) is 3.04. The molecule has 2 aromatic heterocycles. The van der Waals surface area contributed by atoms with Crippen molar-refractivity contribution >= 4 is 34.9 Å². The highest BCUT2D eigenvalue weighted by atomic mass is 35.5. The highest BCUT2D eigenvalue weighted by molar-refractivity contribution is 6.35. The lowest BCUT2D eigenvalue weighted by Crippen LogP contribution is -2.14. The van der Waals surface area contributed by atoms with Gasteiger partial charge in [0.1, 0.15) is 10.3 Å². The Balaban J connectivity index is 2.25. The van der Waals surface area contributed by atoms with Gasteiger partial charge in [0.05, 0.1) is 5.56 Å². The zero-order chi connectivity index (χ0) is 13.3. The van der Waals surface area contributed by atoms with Gasteiger partial charge in [-0.15, -0.1) is 0 Å². The monoisotopic (exact) mass is 284 g/mol. The molecule has 0 bridgehead atoms. The molecule has 1 amide bonds. The van der Waals surface area contributed by atoms with Crippen LogP contribution in [-0.2, 0) is 0 Å². The summed E-state index contributed by atoms with van der Waals surface area (Å²) in [7, 11) is 0. The molecule has 2 rings (SSSR count). The first-order valence-corrected chi connectivity index (χ1v) is 5.89. The molecule has 0 aliphatic carbocycles. The van der Waals surface area contributed by atoms with Crippen molar-refractivity contribution in [2.45, 2.75) is 13.8 Å². The zero-order valence-corrected chi connectivity index (χ0v) is 11.2. The SMILES string of the molecule is Cc1[nH]nc(NC(=O)c2ccc(Cl)nc2Cl)c1C. The van der Waals surface area contributed by atoms with Crippen molar-refractivity contribution in [1.29, 1.82) is 0 Å². The van der Waals surface area contributed by atoms with Crippen LogP contribution in [-0.4, -0.2) is 21.1 Å². The Morgan fingerprint density at radius 3 is 2.61 bits per heavy atom. The van der Waals surface area contributed by atoms with Gasteiger partial charge < -0.3 is 5.32 Å². The van der Waals surface area contributed by atoms with Crippen LogP contribution in [0.1, 0.15) is 21.6 Å². The van der Waals surface area contributed by atoms with Crippen LogP contribution in [0.2, 0.25) is 10.3 Å². The Labute approximate surface area is 114 Å². The molecule has 2 heterocycles. The summed E-state index contributed by atoms with van der Waals surface area (Å²) in [5, 5.41) is 9.72. The second-order valence-corrected chi connectivity index (χ2v) is 4.49. The summed E-state index contributed by atoms with van der Waals surface area (Å²) in [6.07, 6.45) is 0. The number of nitrogens with zero attached hydrogens (tertiary/aromatic N) is 2. The van der Waals surface area contributed by atoms with Gasteiger partial charge in [-0.05, 0) is 26.0 Å². The van der Waals surface area contributed by atoms with Crippen LogP contribution in [0.4, 0.5) is 5.82 Å². The van der Waals surface area contributed by atoms with E-state index in [1.807, 2.05) is 13.8 Å². The number of aromatic amines is 1. The van der Waals surface area contributed by atoms with Crippen molar-refractivity contribution in [3.63, 3.8) is 0 Å². The molecule has 0 aromatic carbocycles. The number of halogens is 2.